The fourth-order valence-electron chi connectivity index (χ4n) is 2.67. The lowest BCUT2D eigenvalue weighted by atomic mass is 10.00. The summed E-state index contributed by atoms with van der Waals surface area (Å²) in [7, 11) is 1.46. The number of halogens is 3. The van der Waals surface area contributed by atoms with Crippen molar-refractivity contribution in [1.29, 1.82) is 0 Å². The summed E-state index contributed by atoms with van der Waals surface area (Å²) in [6.07, 6.45) is -4.48. The van der Waals surface area contributed by atoms with Crippen LogP contribution in [0.3, 0.4) is 0 Å². The van der Waals surface area contributed by atoms with Crippen molar-refractivity contribution >= 4 is 29.4 Å². The number of imide groups is 1. The Labute approximate surface area is 175 Å². The van der Waals surface area contributed by atoms with Gasteiger partial charge in [0.05, 0.1) is 13.1 Å². The summed E-state index contributed by atoms with van der Waals surface area (Å²) < 4.78 is 40.2. The number of benzene rings is 1. The molecule has 1 aliphatic heterocycles. The molecule has 0 bridgehead atoms. The number of likely N-dealkylation sites (N-methyl/N-ethyl adjacent to an activating group) is 1. The van der Waals surface area contributed by atoms with E-state index in [-0.39, 0.29) is 18.8 Å². The average molecular weight is 445 g/mol. The van der Waals surface area contributed by atoms with E-state index in [2.05, 4.69) is 20.8 Å². The average Bonchev–Trinajstić information content (AvgIpc) is 2.85. The number of ether oxygens (including phenoxy) is 1. The number of carbonyl (C=O) groups is 4. The molecule has 0 saturated carbocycles. The van der Waals surface area contributed by atoms with E-state index in [4.69, 9.17) is 0 Å². The molecular formula is C18H22F3N5O5. The first-order valence-corrected chi connectivity index (χ1v) is 9.13. The van der Waals surface area contributed by atoms with Gasteiger partial charge in [-0.2, -0.15) is 5.01 Å². The Hall–Kier alpha value is -3.35. The zero-order valence-corrected chi connectivity index (χ0v) is 17.0. The van der Waals surface area contributed by atoms with Crippen molar-refractivity contribution in [3.05, 3.63) is 24.3 Å². The van der Waals surface area contributed by atoms with E-state index in [1.54, 1.807) is 6.92 Å². The van der Waals surface area contributed by atoms with Crippen LogP contribution in [0.4, 0.5) is 23.7 Å². The fraction of sp³-hybridized carbons (Fsp3) is 0.444. The van der Waals surface area contributed by atoms with Crippen LogP contribution in [-0.4, -0.2) is 65.7 Å². The lowest BCUT2D eigenvalue weighted by Crippen LogP contribution is -2.51. The molecule has 1 saturated heterocycles. The highest BCUT2D eigenvalue weighted by molar-refractivity contribution is 6.07. The molecule has 13 heteroatoms. The number of carbonyl (C=O) groups excluding carboxylic acids is 4. The minimum absolute atomic E-state index is 0.232. The summed E-state index contributed by atoms with van der Waals surface area (Å²) in [4.78, 5) is 49.7. The van der Waals surface area contributed by atoms with Crippen molar-refractivity contribution in [2.75, 3.05) is 25.5 Å². The van der Waals surface area contributed by atoms with Gasteiger partial charge in [-0.05, 0) is 44.7 Å². The Morgan fingerprint density at radius 3 is 2.26 bits per heavy atom. The van der Waals surface area contributed by atoms with Crippen molar-refractivity contribution in [2.24, 2.45) is 0 Å². The highest BCUT2D eigenvalue weighted by Gasteiger charge is 2.47. The topological polar surface area (TPSA) is 120 Å². The molecule has 0 aromatic heterocycles. The molecule has 1 aromatic rings. The normalized spacial score (nSPS) is 18.7. The molecule has 1 aliphatic rings. The van der Waals surface area contributed by atoms with Gasteiger partial charge in [-0.1, -0.05) is 6.92 Å². The van der Waals surface area contributed by atoms with Crippen LogP contribution < -0.4 is 20.8 Å². The van der Waals surface area contributed by atoms with Crippen LogP contribution in [0.5, 0.6) is 5.75 Å². The van der Waals surface area contributed by atoms with Gasteiger partial charge in [-0.3, -0.25) is 24.7 Å². The van der Waals surface area contributed by atoms with E-state index in [1.165, 1.54) is 31.0 Å². The van der Waals surface area contributed by atoms with E-state index < -0.39 is 41.4 Å². The van der Waals surface area contributed by atoms with Crippen molar-refractivity contribution in [3.63, 3.8) is 0 Å². The van der Waals surface area contributed by atoms with Gasteiger partial charge in [-0.15, -0.1) is 13.2 Å². The van der Waals surface area contributed by atoms with Crippen molar-refractivity contribution in [1.82, 2.24) is 20.7 Å². The predicted octanol–water partition coefficient (Wildman–Crippen LogP) is 1.21. The third kappa shape index (κ3) is 6.57. The fourth-order valence-corrected chi connectivity index (χ4v) is 2.67. The van der Waals surface area contributed by atoms with Gasteiger partial charge in [0.2, 0.25) is 5.91 Å². The molecule has 5 amide bonds. The number of hydrazine groups is 1. The molecule has 0 unspecified atom stereocenters. The number of hydrogen-bond acceptors (Lipinski definition) is 6. The summed E-state index contributed by atoms with van der Waals surface area (Å²) >= 11 is 0. The molecule has 2 rings (SSSR count). The Bertz CT molecular complexity index is 861. The maximum Gasteiger partial charge on any atom is 0.573 e. The molecule has 0 spiro atoms. The molecule has 31 heavy (non-hydrogen) atoms. The first-order valence-electron chi connectivity index (χ1n) is 9.13. The number of rotatable bonds is 8. The molecular weight excluding hydrogens is 423 g/mol. The molecule has 10 nitrogen and oxygen atoms in total. The summed E-state index contributed by atoms with van der Waals surface area (Å²) in [5, 5.41) is 5.55. The predicted molar refractivity (Wildman–Crippen MR) is 101 cm³/mol. The van der Waals surface area contributed by atoms with Crippen LogP contribution in [0.1, 0.15) is 20.3 Å². The molecule has 170 valence electrons. The van der Waals surface area contributed by atoms with E-state index in [0.29, 0.717) is 11.4 Å². The Balaban J connectivity index is 1.82. The van der Waals surface area contributed by atoms with Gasteiger partial charge in [0.25, 0.3) is 11.8 Å². The smallest absolute Gasteiger partial charge is 0.406 e. The summed E-state index contributed by atoms with van der Waals surface area (Å²) in [6, 6.07) is 3.80. The first kappa shape index (κ1) is 23.9. The number of anilines is 1. The minimum atomic E-state index is -4.82. The molecule has 1 aromatic carbocycles. The molecule has 0 radical (unpaired) electrons. The Kier molecular flexibility index (Phi) is 7.10. The third-order valence-corrected chi connectivity index (χ3v) is 4.40. The standard InChI is InChI=1S/C18H22F3N5O5/c1-4-17(2)15(29)26(16(30)23-17)24-14(28)10-25(3)9-13(27)22-11-5-7-12(8-6-11)31-18(19,20)21/h5-8H,4,9-10H2,1-3H3,(H,22,27)(H,23,30)(H,24,28)/t17-/m1/s1. The number of amides is 5. The molecule has 3 N–H and O–H groups in total. The van der Waals surface area contributed by atoms with E-state index >= 15 is 0 Å². The maximum atomic E-state index is 12.3. The van der Waals surface area contributed by atoms with Crippen LogP contribution in [0.2, 0.25) is 0 Å². The first-order chi connectivity index (χ1) is 14.3. The van der Waals surface area contributed by atoms with Gasteiger partial charge in [0.1, 0.15) is 11.3 Å². The highest BCUT2D eigenvalue weighted by Crippen LogP contribution is 2.24. The highest BCUT2D eigenvalue weighted by atomic mass is 19.4. The maximum absolute atomic E-state index is 12.3. The van der Waals surface area contributed by atoms with E-state index in [0.717, 1.165) is 12.1 Å². The number of nitrogens with one attached hydrogen (secondary N) is 3. The monoisotopic (exact) mass is 445 g/mol. The van der Waals surface area contributed by atoms with Gasteiger partial charge >= 0.3 is 12.4 Å². The molecule has 1 fully saturated rings. The second-order valence-corrected chi connectivity index (χ2v) is 7.08. The summed E-state index contributed by atoms with van der Waals surface area (Å²) in [5.41, 5.74) is 1.33. The number of hydrogen-bond donors (Lipinski definition) is 3. The largest absolute Gasteiger partial charge is 0.573 e. The number of alkyl halides is 3. The van der Waals surface area contributed by atoms with Crippen LogP contribution in [-0.2, 0) is 14.4 Å². The second kappa shape index (κ2) is 9.20. The lowest BCUT2D eigenvalue weighted by molar-refractivity contribution is -0.274. The molecule has 1 atom stereocenters. The van der Waals surface area contributed by atoms with Crippen LogP contribution >= 0.6 is 0 Å². The minimum Gasteiger partial charge on any atom is -0.406 e. The Morgan fingerprint density at radius 1 is 1.16 bits per heavy atom. The SMILES string of the molecule is CC[C@@]1(C)NC(=O)N(NC(=O)CN(C)CC(=O)Nc2ccc(OC(F)(F)F)cc2)C1=O. The number of urea groups is 1. The van der Waals surface area contributed by atoms with Crippen molar-refractivity contribution in [2.45, 2.75) is 32.2 Å². The van der Waals surface area contributed by atoms with Crippen LogP contribution in [0, 0.1) is 0 Å². The van der Waals surface area contributed by atoms with Crippen molar-refractivity contribution < 1.29 is 37.1 Å². The van der Waals surface area contributed by atoms with E-state index in [9.17, 15) is 32.3 Å². The zero-order chi connectivity index (χ0) is 23.4. The van der Waals surface area contributed by atoms with Crippen molar-refractivity contribution in [3.8, 4) is 5.75 Å². The number of nitrogens with zero attached hydrogens (tertiary/aromatic N) is 2. The molecule has 0 aliphatic carbocycles. The zero-order valence-electron chi connectivity index (χ0n) is 17.0. The van der Waals surface area contributed by atoms with Crippen LogP contribution in [0.25, 0.3) is 0 Å². The second-order valence-electron chi connectivity index (χ2n) is 7.08. The molecule has 1 heterocycles. The van der Waals surface area contributed by atoms with Gasteiger partial charge in [-0.25, -0.2) is 4.79 Å². The van der Waals surface area contributed by atoms with Gasteiger partial charge < -0.3 is 15.4 Å². The lowest BCUT2D eigenvalue weighted by Gasteiger charge is -2.20. The van der Waals surface area contributed by atoms with Gasteiger partial charge in [0.15, 0.2) is 0 Å². The van der Waals surface area contributed by atoms with E-state index in [1.807, 2.05) is 0 Å². The quantitative estimate of drug-likeness (QED) is 0.518. The summed E-state index contributed by atoms with van der Waals surface area (Å²) in [6.45, 7) is 2.72. The third-order valence-electron chi connectivity index (χ3n) is 4.40. The summed E-state index contributed by atoms with van der Waals surface area (Å²) in [5.74, 6) is -2.24. The Morgan fingerprint density at radius 2 is 1.74 bits per heavy atom. The van der Waals surface area contributed by atoms with Crippen LogP contribution in [0.15, 0.2) is 24.3 Å². The van der Waals surface area contributed by atoms with Gasteiger partial charge in [0, 0.05) is 5.69 Å².